The van der Waals surface area contributed by atoms with Gasteiger partial charge in [0.1, 0.15) is 0 Å². The van der Waals surface area contributed by atoms with Gasteiger partial charge in [-0.1, -0.05) is 18.2 Å². The fourth-order valence-electron chi connectivity index (χ4n) is 3.85. The Labute approximate surface area is 185 Å². The van der Waals surface area contributed by atoms with Crippen molar-refractivity contribution in [3.63, 3.8) is 0 Å². The van der Waals surface area contributed by atoms with Crippen molar-refractivity contribution in [2.45, 2.75) is 26.9 Å². The van der Waals surface area contributed by atoms with E-state index >= 15 is 0 Å². The molecule has 30 heavy (non-hydrogen) atoms. The number of rotatable bonds is 5. The zero-order valence-electron chi connectivity index (χ0n) is 17.4. The average Bonchev–Trinajstić information content (AvgIpc) is 3.01. The van der Waals surface area contributed by atoms with E-state index in [0.717, 1.165) is 59.7 Å². The maximum Gasteiger partial charge on any atom is 0.253 e. The summed E-state index contributed by atoms with van der Waals surface area (Å²) in [7, 11) is 0. The molecule has 0 bridgehead atoms. The highest BCUT2D eigenvalue weighted by Crippen LogP contribution is 2.21. The van der Waals surface area contributed by atoms with Crippen molar-refractivity contribution in [3.05, 3.63) is 81.3 Å². The van der Waals surface area contributed by atoms with E-state index in [1.807, 2.05) is 60.0 Å². The van der Waals surface area contributed by atoms with E-state index in [2.05, 4.69) is 37.0 Å². The zero-order chi connectivity index (χ0) is 21.1. The Kier molecular flexibility index (Phi) is 6.29. The van der Waals surface area contributed by atoms with Gasteiger partial charge >= 0.3 is 0 Å². The van der Waals surface area contributed by atoms with Crippen LogP contribution in [-0.4, -0.2) is 56.7 Å². The van der Waals surface area contributed by atoms with Crippen molar-refractivity contribution in [1.82, 2.24) is 24.6 Å². The number of carbonyl (C=O) groups is 1. The quantitative estimate of drug-likeness (QED) is 0.574. The summed E-state index contributed by atoms with van der Waals surface area (Å²) in [5.74, 6) is 0.104. The van der Waals surface area contributed by atoms with E-state index in [-0.39, 0.29) is 5.91 Å². The third-order valence-corrected chi connectivity index (χ3v) is 6.74. The summed E-state index contributed by atoms with van der Waals surface area (Å²) in [6.45, 7) is 8.80. The van der Waals surface area contributed by atoms with Crippen LogP contribution in [0.3, 0.4) is 0 Å². The number of aryl methyl sites for hydroxylation is 1. The molecule has 1 amide bonds. The first-order valence-electron chi connectivity index (χ1n) is 10.2. The molecule has 0 radical (unpaired) electrons. The first kappa shape index (κ1) is 20.8. The van der Waals surface area contributed by atoms with Crippen molar-refractivity contribution in [2.75, 3.05) is 26.2 Å². The zero-order valence-corrected chi connectivity index (χ0v) is 19.0. The summed E-state index contributed by atoms with van der Waals surface area (Å²) in [5.41, 5.74) is 5.10. The number of hydrogen-bond donors (Lipinski definition) is 0. The summed E-state index contributed by atoms with van der Waals surface area (Å²) >= 11 is 3.58. The highest BCUT2D eigenvalue weighted by atomic mass is 79.9. The van der Waals surface area contributed by atoms with Gasteiger partial charge in [-0.2, -0.15) is 5.10 Å². The number of hydrogen-bond acceptors (Lipinski definition) is 4. The first-order valence-corrected chi connectivity index (χ1v) is 11.0. The monoisotopic (exact) mass is 467 g/mol. The van der Waals surface area contributed by atoms with Crippen LogP contribution in [-0.2, 0) is 13.1 Å². The first-order chi connectivity index (χ1) is 14.5. The highest BCUT2D eigenvalue weighted by molar-refractivity contribution is 9.10. The van der Waals surface area contributed by atoms with Gasteiger partial charge in [0, 0.05) is 50.7 Å². The predicted octanol–water partition coefficient (Wildman–Crippen LogP) is 3.66. The molecule has 4 rings (SSSR count). The van der Waals surface area contributed by atoms with Gasteiger partial charge < -0.3 is 4.90 Å². The molecule has 1 aromatic carbocycles. The van der Waals surface area contributed by atoms with Crippen LogP contribution in [0.5, 0.6) is 0 Å². The van der Waals surface area contributed by atoms with Gasteiger partial charge in [-0.3, -0.25) is 19.4 Å². The minimum absolute atomic E-state index is 0.104. The molecule has 0 atom stereocenters. The normalized spacial score (nSPS) is 14.8. The largest absolute Gasteiger partial charge is 0.336 e. The molecule has 7 heteroatoms. The number of aromatic nitrogens is 3. The number of benzene rings is 1. The standard InChI is InChI=1S/C23H26BrN5O/c1-17-22(24)18(2)29(26-17)16-19-5-3-7-21(13-19)23(30)28-11-9-27(10-12-28)15-20-6-4-8-25-14-20/h3-8,13-14H,9-12,15-16H2,1-2H3. The molecule has 156 valence electrons. The van der Waals surface area contributed by atoms with Gasteiger partial charge in [0.15, 0.2) is 0 Å². The highest BCUT2D eigenvalue weighted by Gasteiger charge is 2.22. The summed E-state index contributed by atoms with van der Waals surface area (Å²) in [6.07, 6.45) is 3.70. The Morgan fingerprint density at radius 2 is 1.80 bits per heavy atom. The molecule has 3 aromatic rings. The van der Waals surface area contributed by atoms with E-state index in [1.165, 1.54) is 5.56 Å². The van der Waals surface area contributed by atoms with Crippen molar-refractivity contribution >= 4 is 21.8 Å². The Hall–Kier alpha value is -2.51. The summed E-state index contributed by atoms with van der Waals surface area (Å²) < 4.78 is 3.01. The topological polar surface area (TPSA) is 54.3 Å². The van der Waals surface area contributed by atoms with E-state index in [9.17, 15) is 4.79 Å². The number of carbonyl (C=O) groups excluding carboxylic acids is 1. The molecule has 3 heterocycles. The van der Waals surface area contributed by atoms with Crippen molar-refractivity contribution in [2.24, 2.45) is 0 Å². The average molecular weight is 468 g/mol. The number of piperazine rings is 1. The molecule has 0 N–H and O–H groups in total. The molecule has 0 saturated carbocycles. The SMILES string of the molecule is Cc1nn(Cc2cccc(C(=O)N3CCN(Cc4cccnc4)CC3)c2)c(C)c1Br. The molecule has 1 saturated heterocycles. The van der Waals surface area contributed by atoms with Crippen LogP contribution in [0.15, 0.2) is 53.3 Å². The van der Waals surface area contributed by atoms with Crippen molar-refractivity contribution in [3.8, 4) is 0 Å². The minimum Gasteiger partial charge on any atom is -0.336 e. The van der Waals surface area contributed by atoms with Crippen LogP contribution in [0.1, 0.15) is 32.9 Å². The lowest BCUT2D eigenvalue weighted by Gasteiger charge is -2.34. The van der Waals surface area contributed by atoms with Crippen LogP contribution in [0.25, 0.3) is 0 Å². The third kappa shape index (κ3) is 4.63. The summed E-state index contributed by atoms with van der Waals surface area (Å²) in [4.78, 5) is 21.6. The van der Waals surface area contributed by atoms with Crippen LogP contribution in [0.2, 0.25) is 0 Å². The van der Waals surface area contributed by atoms with Gasteiger partial charge in [0.2, 0.25) is 0 Å². The number of pyridine rings is 1. The van der Waals surface area contributed by atoms with E-state index in [0.29, 0.717) is 6.54 Å². The van der Waals surface area contributed by atoms with Gasteiger partial charge in [-0.25, -0.2) is 0 Å². The molecule has 2 aromatic heterocycles. The minimum atomic E-state index is 0.104. The molecular weight excluding hydrogens is 442 g/mol. The van der Waals surface area contributed by atoms with Crippen LogP contribution < -0.4 is 0 Å². The molecule has 0 unspecified atom stereocenters. The van der Waals surface area contributed by atoms with Gasteiger partial charge in [0.25, 0.3) is 5.91 Å². The number of amides is 1. The number of halogens is 1. The molecule has 1 fully saturated rings. The van der Waals surface area contributed by atoms with Crippen molar-refractivity contribution < 1.29 is 4.79 Å². The van der Waals surface area contributed by atoms with Crippen LogP contribution >= 0.6 is 15.9 Å². The molecule has 0 aliphatic carbocycles. The maximum absolute atomic E-state index is 13.1. The van der Waals surface area contributed by atoms with E-state index < -0.39 is 0 Å². The fraction of sp³-hybridized carbons (Fsp3) is 0.348. The van der Waals surface area contributed by atoms with E-state index in [1.54, 1.807) is 6.20 Å². The molecular formula is C23H26BrN5O. The molecule has 1 aliphatic rings. The Morgan fingerprint density at radius 3 is 2.47 bits per heavy atom. The number of nitrogens with zero attached hydrogens (tertiary/aromatic N) is 5. The molecule has 6 nitrogen and oxygen atoms in total. The lowest BCUT2D eigenvalue weighted by Crippen LogP contribution is -2.48. The Morgan fingerprint density at radius 1 is 1.03 bits per heavy atom. The summed E-state index contributed by atoms with van der Waals surface area (Å²) in [6, 6.07) is 12.0. The van der Waals surface area contributed by atoms with Gasteiger partial charge in [0.05, 0.1) is 22.4 Å². The second-order valence-corrected chi connectivity index (χ2v) is 8.57. The molecule has 1 aliphatic heterocycles. The van der Waals surface area contributed by atoms with Gasteiger partial charge in [-0.05, 0) is 59.1 Å². The van der Waals surface area contributed by atoms with Crippen molar-refractivity contribution in [1.29, 1.82) is 0 Å². The predicted molar refractivity (Wildman–Crippen MR) is 120 cm³/mol. The van der Waals surface area contributed by atoms with E-state index in [4.69, 9.17) is 0 Å². The Balaban J connectivity index is 1.38. The summed E-state index contributed by atoms with van der Waals surface area (Å²) in [5, 5.41) is 4.58. The molecule has 0 spiro atoms. The third-order valence-electron chi connectivity index (χ3n) is 5.59. The second kappa shape index (κ2) is 9.10. The maximum atomic E-state index is 13.1. The van der Waals surface area contributed by atoms with Crippen LogP contribution in [0.4, 0.5) is 0 Å². The lowest BCUT2D eigenvalue weighted by molar-refractivity contribution is 0.0628. The lowest BCUT2D eigenvalue weighted by atomic mass is 10.1. The van der Waals surface area contributed by atoms with Gasteiger partial charge in [-0.15, -0.1) is 0 Å². The fourth-order valence-corrected chi connectivity index (χ4v) is 4.13. The smallest absolute Gasteiger partial charge is 0.253 e. The Bertz CT molecular complexity index is 1030. The van der Waals surface area contributed by atoms with Crippen LogP contribution in [0, 0.1) is 13.8 Å². The second-order valence-electron chi connectivity index (χ2n) is 7.77.